The third-order valence-electron chi connectivity index (χ3n) is 3.69. The standard InChI is InChI=1S/C19H14F3N3O3S/c1-2-28-17(27)15-14(13-5-3-4-10-23-13)24-18(29-15)25-16(26)11-6-8-12(9-7-11)19(20,21)22/h3-10H,2H2,1H3,(H,24,25,26). The lowest BCUT2D eigenvalue weighted by Crippen LogP contribution is -2.12. The van der Waals surface area contributed by atoms with Crippen LogP contribution in [0.15, 0.2) is 48.7 Å². The number of anilines is 1. The Balaban J connectivity index is 1.87. The van der Waals surface area contributed by atoms with Gasteiger partial charge in [0.1, 0.15) is 10.6 Å². The number of benzene rings is 1. The summed E-state index contributed by atoms with van der Waals surface area (Å²) in [6.07, 6.45) is -2.96. The van der Waals surface area contributed by atoms with Crippen LogP contribution in [0, 0.1) is 0 Å². The molecule has 0 radical (unpaired) electrons. The first kappa shape index (κ1) is 20.5. The summed E-state index contributed by atoms with van der Waals surface area (Å²) < 4.78 is 43.0. The topological polar surface area (TPSA) is 81.2 Å². The van der Waals surface area contributed by atoms with E-state index in [1.165, 1.54) is 6.20 Å². The largest absolute Gasteiger partial charge is 0.462 e. The first-order valence-corrected chi connectivity index (χ1v) is 9.19. The second kappa shape index (κ2) is 8.39. The van der Waals surface area contributed by atoms with E-state index in [0.717, 1.165) is 35.6 Å². The summed E-state index contributed by atoms with van der Waals surface area (Å²) in [6.45, 7) is 1.82. The van der Waals surface area contributed by atoms with Gasteiger partial charge in [0, 0.05) is 11.8 Å². The maximum atomic E-state index is 12.7. The number of halogens is 3. The number of nitrogens with zero attached hydrogens (tertiary/aromatic N) is 2. The van der Waals surface area contributed by atoms with Gasteiger partial charge in [-0.2, -0.15) is 13.2 Å². The monoisotopic (exact) mass is 421 g/mol. The van der Waals surface area contributed by atoms with Crippen molar-refractivity contribution in [1.82, 2.24) is 9.97 Å². The second-order valence-corrected chi connectivity index (χ2v) is 6.66. The number of aromatic nitrogens is 2. The number of amides is 1. The van der Waals surface area contributed by atoms with Crippen molar-refractivity contribution in [2.45, 2.75) is 13.1 Å². The number of carbonyl (C=O) groups is 2. The highest BCUT2D eigenvalue weighted by atomic mass is 32.1. The number of rotatable bonds is 5. The predicted octanol–water partition coefficient (Wildman–Crippen LogP) is 4.65. The second-order valence-electron chi connectivity index (χ2n) is 5.66. The highest BCUT2D eigenvalue weighted by Gasteiger charge is 2.30. The maximum absolute atomic E-state index is 12.7. The molecular weight excluding hydrogens is 407 g/mol. The summed E-state index contributed by atoms with van der Waals surface area (Å²) in [5.74, 6) is -1.27. The number of hydrogen-bond acceptors (Lipinski definition) is 6. The van der Waals surface area contributed by atoms with Crippen molar-refractivity contribution in [3.8, 4) is 11.4 Å². The van der Waals surface area contributed by atoms with Gasteiger partial charge in [-0.15, -0.1) is 0 Å². The molecule has 1 amide bonds. The van der Waals surface area contributed by atoms with Crippen LogP contribution in [0.1, 0.15) is 32.5 Å². The van der Waals surface area contributed by atoms with Crippen molar-refractivity contribution in [2.75, 3.05) is 11.9 Å². The van der Waals surface area contributed by atoms with Gasteiger partial charge in [0.15, 0.2) is 5.13 Å². The molecule has 1 N–H and O–H groups in total. The highest BCUT2D eigenvalue weighted by Crippen LogP contribution is 2.32. The Hall–Kier alpha value is -3.27. The molecule has 3 aromatic rings. The van der Waals surface area contributed by atoms with Crippen LogP contribution in [0.4, 0.5) is 18.3 Å². The maximum Gasteiger partial charge on any atom is 0.416 e. The lowest BCUT2D eigenvalue weighted by Gasteiger charge is -2.07. The Kier molecular flexibility index (Phi) is 5.92. The van der Waals surface area contributed by atoms with Crippen LogP contribution in [-0.4, -0.2) is 28.5 Å². The minimum atomic E-state index is -4.49. The van der Waals surface area contributed by atoms with Crippen molar-refractivity contribution >= 4 is 28.3 Å². The molecule has 2 aromatic heterocycles. The number of hydrogen-bond donors (Lipinski definition) is 1. The molecule has 10 heteroatoms. The van der Waals surface area contributed by atoms with Gasteiger partial charge < -0.3 is 4.74 Å². The van der Waals surface area contributed by atoms with E-state index in [2.05, 4.69) is 15.3 Å². The van der Waals surface area contributed by atoms with E-state index in [4.69, 9.17) is 4.74 Å². The van der Waals surface area contributed by atoms with Gasteiger partial charge in [0.05, 0.1) is 17.9 Å². The minimum absolute atomic E-state index is 0.0188. The molecule has 0 fully saturated rings. The van der Waals surface area contributed by atoms with Crippen LogP contribution in [-0.2, 0) is 10.9 Å². The van der Waals surface area contributed by atoms with Gasteiger partial charge in [0.25, 0.3) is 5.91 Å². The first-order valence-electron chi connectivity index (χ1n) is 8.37. The fourth-order valence-electron chi connectivity index (χ4n) is 2.36. The van der Waals surface area contributed by atoms with Gasteiger partial charge in [0.2, 0.25) is 0 Å². The highest BCUT2D eigenvalue weighted by molar-refractivity contribution is 7.18. The van der Waals surface area contributed by atoms with E-state index >= 15 is 0 Å². The van der Waals surface area contributed by atoms with Gasteiger partial charge in [-0.25, -0.2) is 9.78 Å². The summed E-state index contributed by atoms with van der Waals surface area (Å²) in [6, 6.07) is 8.85. The Morgan fingerprint density at radius 3 is 2.45 bits per heavy atom. The third kappa shape index (κ3) is 4.77. The number of nitrogens with one attached hydrogen (secondary N) is 1. The Morgan fingerprint density at radius 2 is 1.86 bits per heavy atom. The molecule has 0 bridgehead atoms. The zero-order valence-electron chi connectivity index (χ0n) is 15.0. The van der Waals surface area contributed by atoms with E-state index in [1.54, 1.807) is 25.1 Å². The van der Waals surface area contributed by atoms with Gasteiger partial charge in [-0.1, -0.05) is 17.4 Å². The van der Waals surface area contributed by atoms with E-state index in [9.17, 15) is 22.8 Å². The molecule has 29 heavy (non-hydrogen) atoms. The molecule has 0 aliphatic heterocycles. The third-order valence-corrected chi connectivity index (χ3v) is 4.64. The molecule has 0 spiro atoms. The molecule has 6 nitrogen and oxygen atoms in total. The smallest absolute Gasteiger partial charge is 0.416 e. The fraction of sp³-hybridized carbons (Fsp3) is 0.158. The minimum Gasteiger partial charge on any atom is -0.462 e. The Morgan fingerprint density at radius 1 is 1.14 bits per heavy atom. The van der Waals surface area contributed by atoms with Crippen molar-refractivity contribution < 1.29 is 27.5 Å². The Labute approximate surface area is 167 Å². The fourth-order valence-corrected chi connectivity index (χ4v) is 3.23. The van der Waals surface area contributed by atoms with Crippen molar-refractivity contribution in [1.29, 1.82) is 0 Å². The average molecular weight is 421 g/mol. The number of esters is 1. The molecule has 0 unspecified atom stereocenters. The van der Waals surface area contributed by atoms with Crippen LogP contribution in [0.3, 0.4) is 0 Å². The molecule has 0 saturated heterocycles. The van der Waals surface area contributed by atoms with Crippen LogP contribution >= 0.6 is 11.3 Å². The summed E-state index contributed by atoms with van der Waals surface area (Å²) in [4.78, 5) is 33.2. The van der Waals surface area contributed by atoms with Crippen molar-refractivity contribution in [2.24, 2.45) is 0 Å². The molecule has 150 valence electrons. The summed E-state index contributed by atoms with van der Waals surface area (Å²) in [5.41, 5.74) is -0.172. The lowest BCUT2D eigenvalue weighted by atomic mass is 10.1. The molecule has 0 saturated carbocycles. The van der Waals surface area contributed by atoms with Crippen LogP contribution in [0.25, 0.3) is 11.4 Å². The van der Waals surface area contributed by atoms with E-state index in [-0.39, 0.29) is 27.9 Å². The molecule has 2 heterocycles. The number of carbonyl (C=O) groups excluding carboxylic acids is 2. The van der Waals surface area contributed by atoms with Crippen molar-refractivity contribution in [3.63, 3.8) is 0 Å². The first-order chi connectivity index (χ1) is 13.8. The zero-order valence-corrected chi connectivity index (χ0v) is 15.8. The Bertz CT molecular complexity index is 1020. The van der Waals surface area contributed by atoms with Crippen LogP contribution in [0.2, 0.25) is 0 Å². The van der Waals surface area contributed by atoms with Gasteiger partial charge >= 0.3 is 12.1 Å². The molecule has 3 rings (SSSR count). The quantitative estimate of drug-likeness (QED) is 0.607. The number of thiazole rings is 1. The van der Waals surface area contributed by atoms with Crippen LogP contribution < -0.4 is 5.32 Å². The summed E-state index contributed by atoms with van der Waals surface area (Å²) >= 11 is 0.895. The number of ether oxygens (including phenoxy) is 1. The number of pyridine rings is 1. The molecular formula is C19H14F3N3O3S. The summed E-state index contributed by atoms with van der Waals surface area (Å²) in [5, 5.41) is 2.59. The number of alkyl halides is 3. The normalized spacial score (nSPS) is 11.2. The van der Waals surface area contributed by atoms with E-state index in [1.807, 2.05) is 0 Å². The molecule has 0 atom stereocenters. The molecule has 0 aliphatic rings. The van der Waals surface area contributed by atoms with E-state index < -0.39 is 23.6 Å². The SMILES string of the molecule is CCOC(=O)c1sc(NC(=O)c2ccc(C(F)(F)F)cc2)nc1-c1ccccn1. The van der Waals surface area contributed by atoms with Gasteiger partial charge in [-0.3, -0.25) is 15.1 Å². The molecule has 1 aromatic carbocycles. The zero-order chi connectivity index (χ0) is 21.0. The predicted molar refractivity (Wildman–Crippen MR) is 101 cm³/mol. The van der Waals surface area contributed by atoms with E-state index in [0.29, 0.717) is 5.69 Å². The van der Waals surface area contributed by atoms with Gasteiger partial charge in [-0.05, 0) is 43.3 Å². The summed E-state index contributed by atoms with van der Waals surface area (Å²) in [7, 11) is 0. The van der Waals surface area contributed by atoms with Crippen molar-refractivity contribution in [3.05, 3.63) is 64.7 Å². The lowest BCUT2D eigenvalue weighted by molar-refractivity contribution is -0.137. The molecule has 0 aliphatic carbocycles. The average Bonchev–Trinajstić information content (AvgIpc) is 3.12. The van der Waals surface area contributed by atoms with Crippen LogP contribution in [0.5, 0.6) is 0 Å².